The molecule has 0 fully saturated rings. The molecule has 1 heterocycles. The van der Waals surface area contributed by atoms with E-state index in [9.17, 15) is 0 Å². The Bertz CT molecular complexity index is 666. The Labute approximate surface area is 104 Å². The molecule has 0 aliphatic carbocycles. The van der Waals surface area contributed by atoms with Crippen molar-refractivity contribution in [3.63, 3.8) is 0 Å². The summed E-state index contributed by atoms with van der Waals surface area (Å²) in [6, 6.07) is 14.4. The van der Waals surface area contributed by atoms with Crippen molar-refractivity contribution in [2.24, 2.45) is 0 Å². The molecule has 0 aliphatic rings. The summed E-state index contributed by atoms with van der Waals surface area (Å²) in [5.41, 5.74) is 0.936. The number of rotatable bonds is 1. The average Bonchev–Trinajstić information content (AvgIpc) is 2.38. The van der Waals surface area contributed by atoms with Crippen LogP contribution in [0.4, 0.5) is 0 Å². The summed E-state index contributed by atoms with van der Waals surface area (Å²) in [4.78, 5) is 4.39. The van der Waals surface area contributed by atoms with Gasteiger partial charge in [-0.25, -0.2) is 0 Å². The van der Waals surface area contributed by atoms with Crippen molar-refractivity contribution in [1.29, 1.82) is 0 Å². The van der Waals surface area contributed by atoms with Gasteiger partial charge in [0.25, 0.3) is 0 Å². The first-order chi connectivity index (χ1) is 7.90. The molecule has 3 aromatic rings. The number of hydrogen-bond donors (Lipinski definition) is 0. The Kier molecular flexibility index (Phi) is 2.34. The molecule has 0 amide bonds. The van der Waals surface area contributed by atoms with Crippen LogP contribution in [0.2, 0.25) is 0 Å². The van der Waals surface area contributed by atoms with E-state index in [1.54, 1.807) is 6.20 Å². The van der Waals surface area contributed by atoms with Crippen molar-refractivity contribution in [1.82, 2.24) is 4.98 Å². The zero-order chi connectivity index (χ0) is 11.0. The third-order valence-corrected chi connectivity index (χ3v) is 3.24. The first-order valence-corrected chi connectivity index (χ1v) is 6.02. The summed E-state index contributed by atoms with van der Waals surface area (Å²) in [5, 5.41) is 3.56. The van der Waals surface area contributed by atoms with Crippen LogP contribution in [-0.2, 0) is 0 Å². The van der Waals surface area contributed by atoms with Gasteiger partial charge in [0.15, 0.2) is 0 Å². The van der Waals surface area contributed by atoms with Gasteiger partial charge >= 0.3 is 104 Å². The zero-order valence-corrected chi connectivity index (χ0v) is 11.0. The molecule has 3 rings (SSSR count). The van der Waals surface area contributed by atoms with Crippen LogP contribution in [-0.4, -0.2) is 23.9 Å². The van der Waals surface area contributed by atoms with E-state index in [1.165, 1.54) is 29.7 Å². The van der Waals surface area contributed by atoms with Crippen molar-refractivity contribution in [2.75, 3.05) is 0 Å². The molecule has 2 nitrogen and oxygen atoms in total. The van der Waals surface area contributed by atoms with E-state index in [4.69, 9.17) is 3.53 Å². The van der Waals surface area contributed by atoms with E-state index >= 15 is 0 Å². The van der Waals surface area contributed by atoms with Crippen molar-refractivity contribution < 1.29 is 3.53 Å². The van der Waals surface area contributed by atoms with Gasteiger partial charge in [0.05, 0.1) is 0 Å². The van der Waals surface area contributed by atoms with Gasteiger partial charge in [-0.1, -0.05) is 0 Å². The maximum atomic E-state index is 5.44. The molecular weight excluding hydrogens is 256 g/mol. The standard InChI is InChI=1S/C13H9NO.Ga/c15-12-8-9-4-1-2-5-10(9)11-6-3-7-14-13(11)12;/h1-8,15H;/q;+1/p-1. The molecule has 0 spiro atoms. The molecule has 2 aromatic carbocycles. The molecule has 0 aliphatic heterocycles. The molecule has 0 atom stereocenters. The fraction of sp³-hybridized carbons (Fsp3) is 0. The topological polar surface area (TPSA) is 22.1 Å². The summed E-state index contributed by atoms with van der Waals surface area (Å²) < 4.78 is 5.44. The number of hydrogen-bond acceptors (Lipinski definition) is 2. The number of fused-ring (bicyclic) bond motifs is 3. The molecule has 0 N–H and O–H groups in total. The number of aromatic nitrogens is 1. The van der Waals surface area contributed by atoms with E-state index in [0.29, 0.717) is 0 Å². The van der Waals surface area contributed by atoms with Gasteiger partial charge in [0, 0.05) is 0 Å². The summed E-state index contributed by atoms with van der Waals surface area (Å²) in [6.07, 6.45) is 1.80. The molecule has 2 radical (unpaired) electrons. The van der Waals surface area contributed by atoms with Crippen LogP contribution in [0.25, 0.3) is 21.7 Å². The molecule has 0 saturated carbocycles. The van der Waals surface area contributed by atoms with E-state index in [2.05, 4.69) is 23.2 Å². The van der Waals surface area contributed by atoms with Crippen LogP contribution in [0.1, 0.15) is 0 Å². The molecule has 1 aromatic heterocycles. The van der Waals surface area contributed by atoms with Crippen LogP contribution in [0.3, 0.4) is 0 Å². The molecule has 0 unspecified atom stereocenters. The summed E-state index contributed by atoms with van der Waals surface area (Å²) >= 11 is 1.23. The van der Waals surface area contributed by atoms with E-state index in [1.807, 2.05) is 24.3 Å². The number of pyridine rings is 1. The van der Waals surface area contributed by atoms with Gasteiger partial charge in [0.2, 0.25) is 0 Å². The Morgan fingerprint density at radius 2 is 1.81 bits per heavy atom. The maximum absolute atomic E-state index is 5.44. The Morgan fingerprint density at radius 3 is 2.69 bits per heavy atom. The third-order valence-electron chi connectivity index (χ3n) is 2.71. The third kappa shape index (κ3) is 1.40. The molecule has 16 heavy (non-hydrogen) atoms. The van der Waals surface area contributed by atoms with E-state index in [-0.39, 0.29) is 0 Å². The van der Waals surface area contributed by atoms with Gasteiger partial charge in [-0.3, -0.25) is 0 Å². The fourth-order valence-electron chi connectivity index (χ4n) is 1.99. The zero-order valence-electron chi connectivity index (χ0n) is 8.55. The summed E-state index contributed by atoms with van der Waals surface area (Å²) in [7, 11) is 0. The van der Waals surface area contributed by atoms with Gasteiger partial charge in [0.1, 0.15) is 0 Å². The number of nitrogens with zero attached hydrogens (tertiary/aromatic N) is 1. The van der Waals surface area contributed by atoms with E-state index in [0.717, 1.165) is 16.7 Å². The van der Waals surface area contributed by atoms with Crippen LogP contribution < -0.4 is 3.53 Å². The van der Waals surface area contributed by atoms with Crippen LogP contribution in [0, 0.1) is 0 Å². The quantitative estimate of drug-likeness (QED) is 0.498. The van der Waals surface area contributed by atoms with Crippen LogP contribution in [0.5, 0.6) is 5.75 Å². The minimum atomic E-state index is 0.856. The molecule has 74 valence electrons. The monoisotopic (exact) mass is 263 g/mol. The van der Waals surface area contributed by atoms with Crippen LogP contribution >= 0.6 is 0 Å². The second kappa shape index (κ2) is 3.85. The second-order valence-corrected chi connectivity index (χ2v) is 4.11. The Morgan fingerprint density at radius 1 is 1.00 bits per heavy atom. The van der Waals surface area contributed by atoms with Gasteiger partial charge in [-0.2, -0.15) is 0 Å². The first-order valence-electron chi connectivity index (χ1n) is 5.03. The predicted octanol–water partition coefficient (Wildman–Crippen LogP) is 2.85. The van der Waals surface area contributed by atoms with Crippen molar-refractivity contribution >= 4 is 40.6 Å². The van der Waals surface area contributed by atoms with Gasteiger partial charge in [-0.05, 0) is 0 Å². The predicted molar refractivity (Wildman–Crippen MR) is 65.6 cm³/mol. The van der Waals surface area contributed by atoms with E-state index < -0.39 is 0 Å². The SMILES string of the molecule is [Ga][O]c1cc2ccccc2c2cccnc12. The molecular formula is C13H8GaNO. The molecule has 0 saturated heterocycles. The number of benzene rings is 2. The van der Waals surface area contributed by atoms with Crippen LogP contribution in [0.15, 0.2) is 48.7 Å². The average molecular weight is 264 g/mol. The molecule has 3 heteroatoms. The second-order valence-electron chi connectivity index (χ2n) is 3.61. The van der Waals surface area contributed by atoms with Crippen molar-refractivity contribution in [3.8, 4) is 5.75 Å². The summed E-state index contributed by atoms with van der Waals surface area (Å²) in [6.45, 7) is 0. The normalized spacial score (nSPS) is 10.8. The molecule has 0 bridgehead atoms. The van der Waals surface area contributed by atoms with Gasteiger partial charge < -0.3 is 0 Å². The van der Waals surface area contributed by atoms with Crippen molar-refractivity contribution in [3.05, 3.63) is 48.7 Å². The minimum absolute atomic E-state index is 0.856. The Balaban J connectivity index is 2.57. The summed E-state index contributed by atoms with van der Waals surface area (Å²) in [5.74, 6) is 0.856. The Hall–Kier alpha value is -1.45. The fourth-order valence-corrected chi connectivity index (χ4v) is 2.36. The first kappa shape index (κ1) is 9.75. The van der Waals surface area contributed by atoms with Gasteiger partial charge in [-0.15, -0.1) is 0 Å². The van der Waals surface area contributed by atoms with Crippen molar-refractivity contribution in [2.45, 2.75) is 0 Å².